The number of nitrogens with two attached hydrogens (primary N) is 1. The van der Waals surface area contributed by atoms with Crippen LogP contribution < -0.4 is 21.5 Å². The van der Waals surface area contributed by atoms with Crippen molar-refractivity contribution < 1.29 is 4.21 Å². The lowest BCUT2D eigenvalue weighted by molar-refractivity contribution is 0.687. The molecule has 0 bridgehead atoms. The molecule has 1 aliphatic rings. The molecule has 106 valence electrons. The first kappa shape index (κ1) is 13.9. The maximum atomic E-state index is 11.0. The minimum Gasteiger partial charge on any atom is -0.353 e. The summed E-state index contributed by atoms with van der Waals surface area (Å²) in [5.41, 5.74) is 2.44. The minimum absolute atomic E-state index is 0.331. The molecule has 9 heteroatoms. The van der Waals surface area contributed by atoms with Crippen LogP contribution in [0, 0.1) is 0 Å². The van der Waals surface area contributed by atoms with Gasteiger partial charge in [-0.2, -0.15) is 15.0 Å². The van der Waals surface area contributed by atoms with E-state index >= 15 is 0 Å². The van der Waals surface area contributed by atoms with Gasteiger partial charge >= 0.3 is 0 Å². The molecule has 1 saturated heterocycles. The van der Waals surface area contributed by atoms with E-state index in [0.717, 1.165) is 25.9 Å². The van der Waals surface area contributed by atoms with E-state index < -0.39 is 10.8 Å². The van der Waals surface area contributed by atoms with Crippen molar-refractivity contribution in [1.29, 1.82) is 0 Å². The van der Waals surface area contributed by atoms with Gasteiger partial charge in [-0.1, -0.05) is 0 Å². The number of nitrogens with one attached hydrogen (secondary N) is 2. The predicted molar refractivity (Wildman–Crippen MR) is 76.5 cm³/mol. The van der Waals surface area contributed by atoms with Crippen LogP contribution in [-0.2, 0) is 10.8 Å². The van der Waals surface area contributed by atoms with Crippen molar-refractivity contribution in [1.82, 2.24) is 15.0 Å². The second kappa shape index (κ2) is 6.62. The Bertz CT molecular complexity index is 450. The van der Waals surface area contributed by atoms with E-state index in [9.17, 15) is 4.21 Å². The standard InChI is InChI=1S/C10H19N7OS/c1-19(18)7-4-12-8-13-9(16-11)15-10(14-8)17-5-2-3-6-17/h2-7,11H2,1H3,(H2,12,13,14,15,16). The first-order valence-electron chi connectivity index (χ1n) is 6.20. The quantitative estimate of drug-likeness (QED) is 0.476. The molecule has 8 nitrogen and oxygen atoms in total. The summed E-state index contributed by atoms with van der Waals surface area (Å²) in [6.07, 6.45) is 3.96. The summed E-state index contributed by atoms with van der Waals surface area (Å²) < 4.78 is 11.0. The van der Waals surface area contributed by atoms with Crippen LogP contribution in [0.15, 0.2) is 0 Å². The number of hydrogen-bond acceptors (Lipinski definition) is 8. The highest BCUT2D eigenvalue weighted by Crippen LogP contribution is 2.18. The molecule has 0 radical (unpaired) electrons. The molecule has 2 rings (SSSR count). The normalized spacial score (nSPS) is 16.4. The van der Waals surface area contributed by atoms with Crippen LogP contribution in [0.3, 0.4) is 0 Å². The van der Waals surface area contributed by atoms with E-state index in [0.29, 0.717) is 30.1 Å². The number of hydrogen-bond donors (Lipinski definition) is 3. The van der Waals surface area contributed by atoms with Gasteiger partial charge in [0.1, 0.15) is 0 Å². The summed E-state index contributed by atoms with van der Waals surface area (Å²) in [6.45, 7) is 2.45. The summed E-state index contributed by atoms with van der Waals surface area (Å²) >= 11 is 0. The van der Waals surface area contributed by atoms with Crippen LogP contribution >= 0.6 is 0 Å². The van der Waals surface area contributed by atoms with Gasteiger partial charge in [0.2, 0.25) is 17.8 Å². The van der Waals surface area contributed by atoms with Crippen molar-refractivity contribution >= 4 is 28.6 Å². The number of nitrogen functional groups attached to an aromatic ring is 1. The SMILES string of the molecule is CS(=O)CCNc1nc(NN)nc(N2CCCC2)n1. The van der Waals surface area contributed by atoms with Crippen LogP contribution in [0.4, 0.5) is 17.8 Å². The molecule has 1 unspecified atom stereocenters. The molecule has 4 N–H and O–H groups in total. The summed E-state index contributed by atoms with van der Waals surface area (Å²) in [5, 5.41) is 3.04. The Labute approximate surface area is 114 Å². The third-order valence-electron chi connectivity index (χ3n) is 2.81. The molecular weight excluding hydrogens is 266 g/mol. The smallest absolute Gasteiger partial charge is 0.243 e. The molecule has 0 spiro atoms. The van der Waals surface area contributed by atoms with Gasteiger partial charge in [-0.15, -0.1) is 0 Å². The highest BCUT2D eigenvalue weighted by molar-refractivity contribution is 7.84. The van der Waals surface area contributed by atoms with Crippen LogP contribution in [0.25, 0.3) is 0 Å². The zero-order valence-corrected chi connectivity index (χ0v) is 11.7. The number of aromatic nitrogens is 3. The molecule has 1 aromatic rings. The largest absolute Gasteiger partial charge is 0.353 e. The van der Waals surface area contributed by atoms with Crippen molar-refractivity contribution in [3.8, 4) is 0 Å². The second-order valence-electron chi connectivity index (χ2n) is 4.33. The highest BCUT2D eigenvalue weighted by atomic mass is 32.2. The number of hydrazine groups is 1. The number of rotatable bonds is 6. The topological polar surface area (TPSA) is 109 Å². The lowest BCUT2D eigenvalue weighted by Crippen LogP contribution is -2.23. The first-order valence-corrected chi connectivity index (χ1v) is 7.93. The molecule has 0 aromatic carbocycles. The van der Waals surface area contributed by atoms with Gasteiger partial charge in [-0.3, -0.25) is 9.63 Å². The number of anilines is 3. The molecule has 19 heavy (non-hydrogen) atoms. The van der Waals surface area contributed by atoms with Crippen molar-refractivity contribution in [2.45, 2.75) is 12.8 Å². The Morgan fingerprint density at radius 1 is 1.26 bits per heavy atom. The molecule has 0 saturated carbocycles. The summed E-state index contributed by atoms with van der Waals surface area (Å²) in [5.74, 6) is 7.33. The highest BCUT2D eigenvalue weighted by Gasteiger charge is 2.17. The van der Waals surface area contributed by atoms with Crippen LogP contribution in [-0.4, -0.2) is 50.8 Å². The summed E-state index contributed by atoms with van der Waals surface area (Å²) in [7, 11) is -0.838. The van der Waals surface area contributed by atoms with Crippen LogP contribution in [0.2, 0.25) is 0 Å². The van der Waals surface area contributed by atoms with Gasteiger partial charge in [0.15, 0.2) is 0 Å². The van der Waals surface area contributed by atoms with Crippen LogP contribution in [0.1, 0.15) is 12.8 Å². The molecule has 2 heterocycles. The van der Waals surface area contributed by atoms with Gasteiger partial charge in [0.25, 0.3) is 0 Å². The van der Waals surface area contributed by atoms with Crippen molar-refractivity contribution in [2.75, 3.05) is 47.3 Å². The van der Waals surface area contributed by atoms with Gasteiger partial charge in [-0.25, -0.2) is 5.84 Å². The van der Waals surface area contributed by atoms with E-state index in [2.05, 4.69) is 30.6 Å². The van der Waals surface area contributed by atoms with E-state index in [1.807, 2.05) is 0 Å². The lowest BCUT2D eigenvalue weighted by atomic mass is 10.4. The third kappa shape index (κ3) is 4.00. The summed E-state index contributed by atoms with van der Waals surface area (Å²) in [4.78, 5) is 14.8. The predicted octanol–water partition coefficient (Wildman–Crippen LogP) is -0.452. The molecule has 1 aliphatic heterocycles. The van der Waals surface area contributed by atoms with Gasteiger partial charge < -0.3 is 10.2 Å². The van der Waals surface area contributed by atoms with E-state index in [1.54, 1.807) is 6.26 Å². The maximum absolute atomic E-state index is 11.0. The number of nitrogens with zero attached hydrogens (tertiary/aromatic N) is 4. The molecule has 0 aliphatic carbocycles. The monoisotopic (exact) mass is 285 g/mol. The molecule has 1 atom stereocenters. The Morgan fingerprint density at radius 2 is 1.95 bits per heavy atom. The lowest BCUT2D eigenvalue weighted by Gasteiger charge is -2.16. The Balaban J connectivity index is 2.08. The Kier molecular flexibility index (Phi) is 4.86. The molecular formula is C10H19N7OS. The Morgan fingerprint density at radius 3 is 2.58 bits per heavy atom. The van der Waals surface area contributed by atoms with Gasteiger partial charge in [0.05, 0.1) is 0 Å². The fourth-order valence-corrected chi connectivity index (χ4v) is 2.26. The molecule has 1 fully saturated rings. The molecule has 0 amide bonds. The molecule has 1 aromatic heterocycles. The van der Waals surface area contributed by atoms with Crippen molar-refractivity contribution in [3.05, 3.63) is 0 Å². The van der Waals surface area contributed by atoms with Crippen LogP contribution in [0.5, 0.6) is 0 Å². The van der Waals surface area contributed by atoms with E-state index in [-0.39, 0.29) is 0 Å². The average Bonchev–Trinajstić information content (AvgIpc) is 2.92. The zero-order chi connectivity index (χ0) is 13.7. The first-order chi connectivity index (χ1) is 9.19. The van der Waals surface area contributed by atoms with Gasteiger partial charge in [-0.05, 0) is 12.8 Å². The minimum atomic E-state index is -0.838. The van der Waals surface area contributed by atoms with Gasteiger partial charge in [0, 0.05) is 42.4 Å². The fraction of sp³-hybridized carbons (Fsp3) is 0.700. The van der Waals surface area contributed by atoms with Crippen molar-refractivity contribution in [3.63, 3.8) is 0 Å². The van der Waals surface area contributed by atoms with E-state index in [4.69, 9.17) is 5.84 Å². The Hall–Kier alpha value is -1.48. The third-order valence-corrected chi connectivity index (χ3v) is 3.59. The zero-order valence-electron chi connectivity index (χ0n) is 10.9. The second-order valence-corrected chi connectivity index (χ2v) is 5.88. The van der Waals surface area contributed by atoms with E-state index in [1.165, 1.54) is 0 Å². The summed E-state index contributed by atoms with van der Waals surface area (Å²) in [6, 6.07) is 0. The average molecular weight is 285 g/mol. The maximum Gasteiger partial charge on any atom is 0.243 e. The van der Waals surface area contributed by atoms with Crippen molar-refractivity contribution in [2.24, 2.45) is 5.84 Å². The fourth-order valence-electron chi connectivity index (χ4n) is 1.87.